The largest absolute Gasteiger partial charge is 0.491 e. The fourth-order valence-electron chi connectivity index (χ4n) is 1.77. The summed E-state index contributed by atoms with van der Waals surface area (Å²) in [5.74, 6) is 0.315. The second-order valence-electron chi connectivity index (χ2n) is 4.78. The van der Waals surface area contributed by atoms with E-state index in [4.69, 9.17) is 19.9 Å². The number of nitrogen functional groups attached to an aromatic ring is 1. The van der Waals surface area contributed by atoms with E-state index in [0.29, 0.717) is 13.2 Å². The minimum absolute atomic E-state index is 0.0112. The minimum atomic E-state index is -0.495. The van der Waals surface area contributed by atoms with Crippen molar-refractivity contribution in [1.82, 2.24) is 0 Å². The zero-order chi connectivity index (χ0) is 12.5. The molecule has 1 fully saturated rings. The van der Waals surface area contributed by atoms with Crippen molar-refractivity contribution in [3.05, 3.63) is 23.8 Å². The molecule has 2 rings (SSSR count). The second kappa shape index (κ2) is 4.55. The Labute approximate surface area is 102 Å². The molecule has 1 aliphatic heterocycles. The van der Waals surface area contributed by atoms with Crippen molar-refractivity contribution < 1.29 is 14.2 Å². The lowest BCUT2D eigenvalue weighted by atomic mass is 10.2. The van der Waals surface area contributed by atoms with Crippen LogP contribution in [0.25, 0.3) is 0 Å². The number of nitrogens with two attached hydrogens (primary N) is 1. The molecule has 2 N–H and O–H groups in total. The van der Waals surface area contributed by atoms with Gasteiger partial charge in [-0.25, -0.2) is 0 Å². The Hall–Kier alpha value is -1.26. The van der Waals surface area contributed by atoms with E-state index in [1.54, 1.807) is 0 Å². The van der Waals surface area contributed by atoms with Crippen molar-refractivity contribution in [1.29, 1.82) is 0 Å². The maximum atomic E-state index is 5.74. The van der Waals surface area contributed by atoms with E-state index in [9.17, 15) is 0 Å². The van der Waals surface area contributed by atoms with Gasteiger partial charge in [0.05, 0.1) is 6.61 Å². The molecular weight excluding hydrogens is 218 g/mol. The van der Waals surface area contributed by atoms with Crippen LogP contribution >= 0.6 is 0 Å². The number of anilines is 1. The summed E-state index contributed by atoms with van der Waals surface area (Å²) in [6.07, 6.45) is -0.0112. The Morgan fingerprint density at radius 1 is 1.47 bits per heavy atom. The van der Waals surface area contributed by atoms with Gasteiger partial charge in [-0.1, -0.05) is 0 Å². The maximum absolute atomic E-state index is 5.74. The summed E-state index contributed by atoms with van der Waals surface area (Å²) in [5, 5.41) is 0. The lowest BCUT2D eigenvalue weighted by Crippen LogP contribution is -2.25. The molecule has 1 heterocycles. The highest BCUT2D eigenvalue weighted by atomic mass is 16.7. The van der Waals surface area contributed by atoms with Gasteiger partial charge in [0.15, 0.2) is 5.79 Å². The molecule has 1 atom stereocenters. The van der Waals surface area contributed by atoms with Gasteiger partial charge >= 0.3 is 0 Å². The molecular formula is C13H19NO3. The predicted molar refractivity (Wildman–Crippen MR) is 66.0 cm³/mol. The molecule has 0 saturated carbocycles. The molecule has 94 valence electrons. The van der Waals surface area contributed by atoms with Crippen LogP contribution in [0.4, 0.5) is 5.69 Å². The summed E-state index contributed by atoms with van der Waals surface area (Å²) >= 11 is 0. The van der Waals surface area contributed by atoms with Gasteiger partial charge in [-0.2, -0.15) is 0 Å². The normalized spacial score (nSPS) is 22.6. The molecule has 0 radical (unpaired) electrons. The van der Waals surface area contributed by atoms with Crippen molar-refractivity contribution in [2.45, 2.75) is 32.7 Å². The third-order valence-corrected chi connectivity index (χ3v) is 2.74. The molecule has 0 aliphatic carbocycles. The molecule has 0 amide bonds. The summed E-state index contributed by atoms with van der Waals surface area (Å²) in [4.78, 5) is 0. The van der Waals surface area contributed by atoms with E-state index in [1.165, 1.54) is 0 Å². The lowest BCUT2D eigenvalue weighted by molar-refractivity contribution is -0.141. The molecule has 0 unspecified atom stereocenters. The van der Waals surface area contributed by atoms with Crippen molar-refractivity contribution >= 4 is 5.69 Å². The Morgan fingerprint density at radius 3 is 2.82 bits per heavy atom. The average Bonchev–Trinajstić information content (AvgIpc) is 2.60. The summed E-state index contributed by atoms with van der Waals surface area (Å²) in [6.45, 7) is 6.83. The highest BCUT2D eigenvalue weighted by Gasteiger charge is 2.32. The topological polar surface area (TPSA) is 53.7 Å². The fourth-order valence-corrected chi connectivity index (χ4v) is 1.77. The SMILES string of the molecule is Cc1cc(OC[C@H]2COC(C)(C)O2)ccc1N. The smallest absolute Gasteiger partial charge is 0.163 e. The second-order valence-corrected chi connectivity index (χ2v) is 4.78. The van der Waals surface area contributed by atoms with Crippen molar-refractivity contribution in [3.8, 4) is 5.75 Å². The standard InChI is InChI=1S/C13H19NO3/c1-9-6-10(4-5-12(9)14)15-7-11-8-16-13(2,3)17-11/h4-6,11H,7-8,14H2,1-3H3/t11-/m0/s1. The quantitative estimate of drug-likeness (QED) is 0.818. The summed E-state index contributed by atoms with van der Waals surface area (Å²) in [5.41, 5.74) is 7.54. The first kappa shape index (κ1) is 12.2. The molecule has 1 aliphatic rings. The molecule has 1 saturated heterocycles. The van der Waals surface area contributed by atoms with Crippen molar-refractivity contribution in [2.24, 2.45) is 0 Å². The van der Waals surface area contributed by atoms with Gasteiger partial charge in [0.1, 0.15) is 18.5 Å². The number of aryl methyl sites for hydroxylation is 1. The van der Waals surface area contributed by atoms with E-state index in [-0.39, 0.29) is 6.10 Å². The van der Waals surface area contributed by atoms with Crippen LogP contribution in [0.5, 0.6) is 5.75 Å². The van der Waals surface area contributed by atoms with Crippen LogP contribution in [0.15, 0.2) is 18.2 Å². The number of benzene rings is 1. The van der Waals surface area contributed by atoms with Crippen LogP contribution in [-0.4, -0.2) is 25.1 Å². The Bertz CT molecular complexity index is 404. The van der Waals surface area contributed by atoms with Crippen LogP contribution in [0.1, 0.15) is 19.4 Å². The van der Waals surface area contributed by atoms with Gasteiger partial charge in [-0.05, 0) is 44.5 Å². The molecule has 1 aromatic carbocycles. The monoisotopic (exact) mass is 237 g/mol. The molecule has 4 heteroatoms. The van der Waals surface area contributed by atoms with E-state index in [2.05, 4.69) is 0 Å². The van der Waals surface area contributed by atoms with Crippen LogP contribution in [0.2, 0.25) is 0 Å². The third-order valence-electron chi connectivity index (χ3n) is 2.74. The Morgan fingerprint density at radius 2 is 2.24 bits per heavy atom. The van der Waals surface area contributed by atoms with Gasteiger partial charge in [0.25, 0.3) is 0 Å². The number of ether oxygens (including phenoxy) is 3. The van der Waals surface area contributed by atoms with Gasteiger partial charge < -0.3 is 19.9 Å². The highest BCUT2D eigenvalue weighted by Crippen LogP contribution is 2.24. The first-order chi connectivity index (χ1) is 7.96. The van der Waals surface area contributed by atoms with Gasteiger partial charge in [0.2, 0.25) is 0 Å². The van der Waals surface area contributed by atoms with Gasteiger partial charge in [0, 0.05) is 5.69 Å². The molecule has 0 aromatic heterocycles. The van der Waals surface area contributed by atoms with E-state index < -0.39 is 5.79 Å². The van der Waals surface area contributed by atoms with Crippen molar-refractivity contribution in [3.63, 3.8) is 0 Å². The molecule has 1 aromatic rings. The van der Waals surface area contributed by atoms with E-state index in [0.717, 1.165) is 17.0 Å². The Balaban J connectivity index is 1.88. The van der Waals surface area contributed by atoms with Crippen LogP contribution in [-0.2, 0) is 9.47 Å². The summed E-state index contributed by atoms with van der Waals surface area (Å²) in [7, 11) is 0. The summed E-state index contributed by atoms with van der Waals surface area (Å²) in [6, 6.07) is 5.64. The summed E-state index contributed by atoms with van der Waals surface area (Å²) < 4.78 is 16.8. The van der Waals surface area contributed by atoms with E-state index >= 15 is 0 Å². The molecule has 0 bridgehead atoms. The van der Waals surface area contributed by atoms with Crippen molar-refractivity contribution in [2.75, 3.05) is 18.9 Å². The number of rotatable bonds is 3. The number of hydrogen-bond acceptors (Lipinski definition) is 4. The predicted octanol–water partition coefficient (Wildman–Crippen LogP) is 2.11. The molecule has 17 heavy (non-hydrogen) atoms. The molecule has 0 spiro atoms. The fraction of sp³-hybridized carbons (Fsp3) is 0.538. The third kappa shape index (κ3) is 3.11. The maximum Gasteiger partial charge on any atom is 0.163 e. The minimum Gasteiger partial charge on any atom is -0.491 e. The van der Waals surface area contributed by atoms with Crippen LogP contribution in [0.3, 0.4) is 0 Å². The molecule has 4 nitrogen and oxygen atoms in total. The van der Waals surface area contributed by atoms with E-state index in [1.807, 2.05) is 39.0 Å². The Kier molecular flexibility index (Phi) is 3.26. The first-order valence-electron chi connectivity index (χ1n) is 5.77. The van der Waals surface area contributed by atoms with Gasteiger partial charge in [-0.15, -0.1) is 0 Å². The number of hydrogen-bond donors (Lipinski definition) is 1. The average molecular weight is 237 g/mol. The zero-order valence-corrected chi connectivity index (χ0v) is 10.5. The highest BCUT2D eigenvalue weighted by molar-refractivity contribution is 5.49. The van der Waals surface area contributed by atoms with Crippen LogP contribution in [0, 0.1) is 6.92 Å². The first-order valence-corrected chi connectivity index (χ1v) is 5.77. The lowest BCUT2D eigenvalue weighted by Gasteiger charge is -2.17. The zero-order valence-electron chi connectivity index (χ0n) is 10.5. The van der Waals surface area contributed by atoms with Crippen LogP contribution < -0.4 is 10.5 Å². The van der Waals surface area contributed by atoms with Gasteiger partial charge in [-0.3, -0.25) is 0 Å².